The van der Waals surface area contributed by atoms with E-state index in [1.54, 1.807) is 4.90 Å². The van der Waals surface area contributed by atoms with Crippen molar-refractivity contribution in [3.8, 4) is 0 Å². The number of ether oxygens (including phenoxy) is 3. The number of methoxy groups -OCH3 is 1. The fraction of sp³-hybridized carbons (Fsp3) is 0.926. The summed E-state index contributed by atoms with van der Waals surface area (Å²) >= 11 is 0. The number of aliphatic hydroxyl groups is 1. The maximum atomic E-state index is 12.7. The van der Waals surface area contributed by atoms with Gasteiger partial charge in [-0.15, -0.1) is 12.4 Å². The van der Waals surface area contributed by atoms with Crippen LogP contribution in [-0.2, 0) is 14.2 Å². The predicted molar refractivity (Wildman–Crippen MR) is 137 cm³/mol. The van der Waals surface area contributed by atoms with Crippen molar-refractivity contribution >= 4 is 24.7 Å². The second kappa shape index (κ2) is 10.1. The van der Waals surface area contributed by atoms with E-state index in [4.69, 9.17) is 19.9 Å². The molecule has 5 fully saturated rings. The van der Waals surface area contributed by atoms with Crippen LogP contribution in [0.5, 0.6) is 0 Å². The molecular weight excluding hydrogens is 484 g/mol. The Balaban J connectivity index is 0.00000304. The summed E-state index contributed by atoms with van der Waals surface area (Å²) in [5.74, 6) is 1.49. The number of β-amino-alcohol motifs (C(OH)–C–C–N with tert-alkyl or cyclic N) is 1. The zero-order valence-electron chi connectivity index (χ0n) is 22.1. The van der Waals surface area contributed by atoms with Gasteiger partial charge < -0.3 is 30.0 Å². The van der Waals surface area contributed by atoms with Gasteiger partial charge in [0, 0.05) is 24.0 Å². The molecule has 0 aromatic heterocycles. The minimum absolute atomic E-state index is 0. The molecule has 9 heteroatoms. The van der Waals surface area contributed by atoms with Crippen LogP contribution in [-0.4, -0.2) is 66.3 Å². The van der Waals surface area contributed by atoms with Crippen molar-refractivity contribution in [3.63, 3.8) is 0 Å². The average Bonchev–Trinajstić information content (AvgIpc) is 3.09. The number of piperidine rings is 1. The van der Waals surface area contributed by atoms with Gasteiger partial charge in [-0.2, -0.15) is 0 Å². The third-order valence-corrected chi connectivity index (χ3v) is 11.2. The molecule has 5 rings (SSSR count). The number of hydrogen-bond donors (Lipinski definition) is 2. The van der Waals surface area contributed by atoms with E-state index in [9.17, 15) is 14.7 Å². The van der Waals surface area contributed by atoms with Crippen LogP contribution < -0.4 is 5.73 Å². The Labute approximate surface area is 221 Å². The average molecular weight is 529 g/mol. The topological polar surface area (TPSA) is 111 Å². The molecule has 5 aliphatic rings. The van der Waals surface area contributed by atoms with E-state index in [0.717, 1.165) is 70.6 Å². The van der Waals surface area contributed by atoms with E-state index in [-0.39, 0.29) is 47.1 Å². The van der Waals surface area contributed by atoms with Gasteiger partial charge in [-0.1, -0.05) is 13.8 Å². The van der Waals surface area contributed by atoms with Crippen molar-refractivity contribution in [1.29, 1.82) is 0 Å². The van der Waals surface area contributed by atoms with Gasteiger partial charge >= 0.3 is 12.2 Å². The molecule has 1 aliphatic heterocycles. The molecule has 0 spiro atoms. The van der Waals surface area contributed by atoms with E-state index in [1.807, 2.05) is 0 Å². The quantitative estimate of drug-likeness (QED) is 0.502. The van der Waals surface area contributed by atoms with E-state index < -0.39 is 12.3 Å². The standard InChI is InChI=1S/C27H44N2O6.ClH/c1-25-11-8-19(34-23(31)29-14-4-5-18(30)16-29)15-17(25)6-7-21-20(25)9-12-26(2)22(35-24(32)33-3)10-13-27(21,26)28;/h17-22,30H,4-16,28H2,1-3H3;1H/t17-,18?,19+,20+,21-,22+,25+,26-,27+;/m1./s1. The molecule has 1 heterocycles. The molecule has 1 unspecified atom stereocenters. The third kappa shape index (κ3) is 4.39. The van der Waals surface area contributed by atoms with Gasteiger partial charge in [0.1, 0.15) is 12.2 Å². The van der Waals surface area contributed by atoms with Crippen LogP contribution in [0.2, 0.25) is 0 Å². The number of carbonyl (C=O) groups excluding carboxylic acids is 2. The van der Waals surface area contributed by atoms with Gasteiger partial charge in [-0.3, -0.25) is 0 Å². The largest absolute Gasteiger partial charge is 0.508 e. The van der Waals surface area contributed by atoms with Crippen LogP contribution in [0.25, 0.3) is 0 Å². The van der Waals surface area contributed by atoms with Crippen molar-refractivity contribution in [2.24, 2.45) is 34.3 Å². The van der Waals surface area contributed by atoms with E-state index in [2.05, 4.69) is 13.8 Å². The number of fused-ring (bicyclic) bond motifs is 5. The molecule has 206 valence electrons. The molecule has 8 nitrogen and oxygen atoms in total. The Morgan fingerprint density at radius 3 is 2.47 bits per heavy atom. The van der Waals surface area contributed by atoms with Crippen LogP contribution in [0.15, 0.2) is 0 Å². The lowest BCUT2D eigenvalue weighted by atomic mass is 9.43. The first kappa shape index (κ1) is 27.8. The van der Waals surface area contributed by atoms with Crippen molar-refractivity contribution in [3.05, 3.63) is 0 Å². The zero-order chi connectivity index (χ0) is 25.0. The second-order valence-corrected chi connectivity index (χ2v) is 12.6. The summed E-state index contributed by atoms with van der Waals surface area (Å²) in [6, 6.07) is 0. The van der Waals surface area contributed by atoms with Crippen LogP contribution in [0.3, 0.4) is 0 Å². The Morgan fingerprint density at radius 1 is 0.972 bits per heavy atom. The summed E-state index contributed by atoms with van der Waals surface area (Å²) in [6.07, 6.45) is 8.86. The number of hydrogen-bond acceptors (Lipinski definition) is 7. The molecule has 4 saturated carbocycles. The summed E-state index contributed by atoms with van der Waals surface area (Å²) in [6.45, 7) is 5.74. The van der Waals surface area contributed by atoms with Crippen molar-refractivity contribution < 1.29 is 28.9 Å². The number of nitrogens with two attached hydrogens (primary N) is 1. The monoisotopic (exact) mass is 528 g/mol. The number of rotatable bonds is 2. The maximum absolute atomic E-state index is 12.7. The number of likely N-dealkylation sites (tertiary alicyclic amines) is 1. The Morgan fingerprint density at radius 2 is 1.75 bits per heavy atom. The Kier molecular flexibility index (Phi) is 7.82. The number of aliphatic hydroxyl groups excluding tert-OH is 1. The van der Waals surface area contributed by atoms with Crippen LogP contribution in [0.1, 0.15) is 84.5 Å². The molecule has 4 aliphatic carbocycles. The lowest BCUT2D eigenvalue weighted by molar-refractivity contribution is -0.146. The highest BCUT2D eigenvalue weighted by Crippen LogP contribution is 2.67. The van der Waals surface area contributed by atoms with Gasteiger partial charge in [-0.25, -0.2) is 9.59 Å². The molecule has 0 aromatic carbocycles. The van der Waals surface area contributed by atoms with Gasteiger partial charge in [0.2, 0.25) is 0 Å². The molecule has 1 saturated heterocycles. The van der Waals surface area contributed by atoms with Crippen LogP contribution >= 0.6 is 12.4 Å². The van der Waals surface area contributed by atoms with Crippen molar-refractivity contribution in [2.45, 2.75) is 108 Å². The molecule has 0 bridgehead atoms. The summed E-state index contributed by atoms with van der Waals surface area (Å²) < 4.78 is 16.5. The summed E-state index contributed by atoms with van der Waals surface area (Å²) in [5.41, 5.74) is 6.94. The number of halogens is 1. The van der Waals surface area contributed by atoms with Crippen molar-refractivity contribution in [2.75, 3.05) is 20.2 Å². The molecule has 36 heavy (non-hydrogen) atoms. The SMILES string of the molecule is COC(=O)O[C@H]1CC[C@]2(N)[C@@H]3CC[C@@H]4C[C@@H](OC(=O)N5CCCC(O)C5)CC[C@]4(C)[C@H]3CC[C@]12C.Cl. The lowest BCUT2D eigenvalue weighted by Crippen LogP contribution is -2.67. The summed E-state index contributed by atoms with van der Waals surface area (Å²) in [4.78, 5) is 26.3. The Hall–Kier alpha value is -1.25. The van der Waals surface area contributed by atoms with Crippen molar-refractivity contribution in [1.82, 2.24) is 4.90 Å². The van der Waals surface area contributed by atoms with Crippen LogP contribution in [0, 0.1) is 28.6 Å². The molecule has 3 N–H and O–H groups in total. The van der Waals surface area contributed by atoms with Gasteiger partial charge in [-0.05, 0) is 93.8 Å². The normalized spacial score (nSPS) is 45.9. The highest BCUT2D eigenvalue weighted by atomic mass is 35.5. The minimum Gasteiger partial charge on any atom is -0.446 e. The van der Waals surface area contributed by atoms with Crippen LogP contribution in [0.4, 0.5) is 9.59 Å². The first-order valence-electron chi connectivity index (χ1n) is 13.8. The predicted octanol–water partition coefficient (Wildman–Crippen LogP) is 4.65. The summed E-state index contributed by atoms with van der Waals surface area (Å²) in [7, 11) is 1.36. The Bertz CT molecular complexity index is 845. The van der Waals surface area contributed by atoms with Gasteiger partial charge in [0.25, 0.3) is 0 Å². The number of amides is 1. The first-order chi connectivity index (χ1) is 16.6. The van der Waals surface area contributed by atoms with E-state index in [0.29, 0.717) is 30.8 Å². The van der Waals surface area contributed by atoms with Gasteiger partial charge in [0.15, 0.2) is 0 Å². The highest BCUT2D eigenvalue weighted by molar-refractivity contribution is 5.85. The van der Waals surface area contributed by atoms with E-state index >= 15 is 0 Å². The molecule has 0 radical (unpaired) electrons. The van der Waals surface area contributed by atoms with Gasteiger partial charge in [0.05, 0.1) is 13.2 Å². The van der Waals surface area contributed by atoms with E-state index in [1.165, 1.54) is 7.11 Å². The lowest BCUT2D eigenvalue weighted by Gasteiger charge is -2.64. The smallest absolute Gasteiger partial charge is 0.446 e. The fourth-order valence-electron chi connectivity index (χ4n) is 9.03. The minimum atomic E-state index is -0.606. The zero-order valence-corrected chi connectivity index (χ0v) is 22.9. The molecule has 1 amide bonds. The molecular formula is C27H45ClN2O6. The number of nitrogens with zero attached hydrogens (tertiary/aromatic N) is 1. The fourth-order valence-corrected chi connectivity index (χ4v) is 9.03. The molecule has 0 aromatic rings. The second-order valence-electron chi connectivity index (χ2n) is 12.6. The molecule has 9 atom stereocenters. The summed E-state index contributed by atoms with van der Waals surface area (Å²) in [5, 5.41) is 9.92. The first-order valence-corrected chi connectivity index (χ1v) is 13.8. The highest BCUT2D eigenvalue weighted by Gasteiger charge is 2.67. The number of carbonyl (C=O) groups is 2. The maximum Gasteiger partial charge on any atom is 0.508 e. The third-order valence-electron chi connectivity index (χ3n) is 11.2.